The molecule has 0 amide bonds. The number of nitrogens with one attached hydrogen (secondary N) is 1. The van der Waals surface area contributed by atoms with E-state index in [0.717, 1.165) is 36.5 Å². The van der Waals surface area contributed by atoms with E-state index in [0.29, 0.717) is 5.92 Å². The molecule has 1 aliphatic rings. The van der Waals surface area contributed by atoms with E-state index in [4.69, 9.17) is 0 Å². The highest BCUT2D eigenvalue weighted by Crippen LogP contribution is 2.25. The Labute approximate surface area is 124 Å². The summed E-state index contributed by atoms with van der Waals surface area (Å²) in [5.41, 5.74) is 2.84. The predicted molar refractivity (Wildman–Crippen MR) is 81.3 cm³/mol. The van der Waals surface area contributed by atoms with Gasteiger partial charge >= 0.3 is 0 Å². The summed E-state index contributed by atoms with van der Waals surface area (Å²) >= 11 is 0. The summed E-state index contributed by atoms with van der Waals surface area (Å²) in [7, 11) is 0. The maximum Gasteiger partial charge on any atom is 0.123 e. The van der Waals surface area contributed by atoms with Crippen LogP contribution in [0.2, 0.25) is 0 Å². The Balaban J connectivity index is 1.83. The summed E-state index contributed by atoms with van der Waals surface area (Å²) in [4.78, 5) is 8.99. The molecule has 1 atom stereocenters. The fourth-order valence-corrected chi connectivity index (χ4v) is 2.93. The lowest BCUT2D eigenvalue weighted by Gasteiger charge is -2.15. The van der Waals surface area contributed by atoms with Crippen LogP contribution in [0.1, 0.15) is 25.0 Å². The molecule has 2 aromatic rings. The van der Waals surface area contributed by atoms with Crippen LogP contribution >= 0.6 is 0 Å². The van der Waals surface area contributed by atoms with Crippen LogP contribution in [-0.2, 0) is 6.42 Å². The largest absolute Gasteiger partial charge is 0.317 e. The maximum absolute atomic E-state index is 13.1. The van der Waals surface area contributed by atoms with Crippen molar-refractivity contribution in [1.82, 2.24) is 15.3 Å². The first-order valence-corrected chi connectivity index (χ1v) is 7.59. The van der Waals surface area contributed by atoms with Gasteiger partial charge in [-0.25, -0.2) is 4.39 Å². The Kier molecular flexibility index (Phi) is 4.55. The molecule has 1 unspecified atom stereocenters. The van der Waals surface area contributed by atoms with Crippen molar-refractivity contribution in [2.45, 2.75) is 25.7 Å². The molecule has 1 saturated heterocycles. The van der Waals surface area contributed by atoms with Crippen molar-refractivity contribution in [3.05, 3.63) is 48.2 Å². The molecule has 0 saturated carbocycles. The van der Waals surface area contributed by atoms with Crippen molar-refractivity contribution < 1.29 is 4.39 Å². The van der Waals surface area contributed by atoms with E-state index in [1.807, 2.05) is 0 Å². The lowest BCUT2D eigenvalue weighted by molar-refractivity contribution is 0.465. The molecule has 2 heterocycles. The van der Waals surface area contributed by atoms with Crippen molar-refractivity contribution in [3.63, 3.8) is 0 Å². The van der Waals surface area contributed by atoms with E-state index in [-0.39, 0.29) is 5.82 Å². The number of benzene rings is 1. The second-order valence-electron chi connectivity index (χ2n) is 5.61. The molecule has 110 valence electrons. The van der Waals surface area contributed by atoms with Gasteiger partial charge in [0.1, 0.15) is 5.82 Å². The average molecular weight is 285 g/mol. The van der Waals surface area contributed by atoms with Gasteiger partial charge < -0.3 is 5.32 Å². The highest BCUT2D eigenvalue weighted by Gasteiger charge is 2.16. The second kappa shape index (κ2) is 6.76. The van der Waals surface area contributed by atoms with Crippen molar-refractivity contribution in [2.24, 2.45) is 5.92 Å². The molecule has 0 radical (unpaired) electrons. The molecule has 0 spiro atoms. The van der Waals surface area contributed by atoms with E-state index in [1.54, 1.807) is 24.5 Å². The van der Waals surface area contributed by atoms with Gasteiger partial charge in [-0.2, -0.15) is 0 Å². The van der Waals surface area contributed by atoms with Gasteiger partial charge in [0.05, 0.1) is 11.4 Å². The maximum atomic E-state index is 13.1. The predicted octanol–water partition coefficient (Wildman–Crippen LogP) is 3.21. The summed E-state index contributed by atoms with van der Waals surface area (Å²) in [6, 6.07) is 6.50. The molecular formula is C17H20FN3. The monoisotopic (exact) mass is 285 g/mol. The molecule has 3 nitrogen and oxygen atoms in total. The Bertz CT molecular complexity index is 575. The first kappa shape index (κ1) is 14.1. The number of halogens is 1. The summed E-state index contributed by atoms with van der Waals surface area (Å²) in [5.74, 6) is 0.426. The van der Waals surface area contributed by atoms with Crippen LogP contribution in [-0.4, -0.2) is 23.1 Å². The summed E-state index contributed by atoms with van der Waals surface area (Å²) in [6.07, 6.45) is 8.03. The van der Waals surface area contributed by atoms with Crippen LogP contribution in [0.4, 0.5) is 4.39 Å². The van der Waals surface area contributed by atoms with Crippen molar-refractivity contribution in [2.75, 3.05) is 13.1 Å². The van der Waals surface area contributed by atoms with E-state index in [9.17, 15) is 4.39 Å². The molecule has 1 fully saturated rings. The Hall–Kier alpha value is -1.81. The Morgan fingerprint density at radius 1 is 1.05 bits per heavy atom. The molecule has 4 heteroatoms. The van der Waals surface area contributed by atoms with Gasteiger partial charge in [0.15, 0.2) is 0 Å². The topological polar surface area (TPSA) is 37.8 Å². The van der Waals surface area contributed by atoms with Crippen LogP contribution in [0.15, 0.2) is 36.7 Å². The highest BCUT2D eigenvalue weighted by molar-refractivity contribution is 5.61. The molecule has 1 aromatic carbocycles. The van der Waals surface area contributed by atoms with E-state index < -0.39 is 0 Å². The van der Waals surface area contributed by atoms with E-state index >= 15 is 0 Å². The lowest BCUT2D eigenvalue weighted by Crippen LogP contribution is -2.15. The third kappa shape index (κ3) is 3.64. The standard InChI is InChI=1S/C17H20FN3/c18-15-5-3-14(4-6-15)17-16(20-10-11-21-17)12-13-2-1-8-19-9-7-13/h3-6,10-11,13,19H,1-2,7-9,12H2. The number of hydrogen-bond acceptors (Lipinski definition) is 3. The quantitative estimate of drug-likeness (QED) is 0.941. The summed E-state index contributed by atoms with van der Waals surface area (Å²) < 4.78 is 13.1. The molecule has 0 bridgehead atoms. The average Bonchev–Trinajstić information content (AvgIpc) is 2.78. The van der Waals surface area contributed by atoms with E-state index in [2.05, 4.69) is 15.3 Å². The third-order valence-electron chi connectivity index (χ3n) is 4.07. The zero-order valence-corrected chi connectivity index (χ0v) is 12.1. The van der Waals surface area contributed by atoms with Gasteiger partial charge in [0.2, 0.25) is 0 Å². The Morgan fingerprint density at radius 3 is 2.71 bits per heavy atom. The van der Waals surface area contributed by atoms with Crippen LogP contribution in [0.5, 0.6) is 0 Å². The molecular weight excluding hydrogens is 265 g/mol. The number of nitrogens with zero attached hydrogens (tertiary/aromatic N) is 2. The van der Waals surface area contributed by atoms with Gasteiger partial charge in [-0.15, -0.1) is 0 Å². The van der Waals surface area contributed by atoms with Gasteiger partial charge in [-0.05, 0) is 69.0 Å². The lowest BCUT2D eigenvalue weighted by atomic mass is 9.93. The molecule has 1 aliphatic heterocycles. The molecule has 0 aliphatic carbocycles. The second-order valence-corrected chi connectivity index (χ2v) is 5.61. The minimum absolute atomic E-state index is 0.223. The van der Waals surface area contributed by atoms with Crippen LogP contribution in [0.3, 0.4) is 0 Å². The first-order chi connectivity index (χ1) is 10.3. The summed E-state index contributed by atoms with van der Waals surface area (Å²) in [6.45, 7) is 2.19. The van der Waals surface area contributed by atoms with Crippen LogP contribution in [0, 0.1) is 11.7 Å². The number of hydrogen-bond donors (Lipinski definition) is 1. The minimum Gasteiger partial charge on any atom is -0.317 e. The smallest absolute Gasteiger partial charge is 0.123 e. The zero-order valence-electron chi connectivity index (χ0n) is 12.1. The van der Waals surface area contributed by atoms with Crippen LogP contribution in [0.25, 0.3) is 11.3 Å². The zero-order chi connectivity index (χ0) is 14.5. The van der Waals surface area contributed by atoms with Gasteiger partial charge in [0, 0.05) is 18.0 Å². The van der Waals surface area contributed by atoms with Crippen molar-refractivity contribution in [3.8, 4) is 11.3 Å². The molecule has 3 rings (SSSR count). The summed E-state index contributed by atoms with van der Waals surface area (Å²) in [5, 5.41) is 3.44. The van der Waals surface area contributed by atoms with Crippen molar-refractivity contribution in [1.29, 1.82) is 0 Å². The van der Waals surface area contributed by atoms with Gasteiger partial charge in [-0.3, -0.25) is 9.97 Å². The fourth-order valence-electron chi connectivity index (χ4n) is 2.93. The van der Waals surface area contributed by atoms with Gasteiger partial charge in [0.25, 0.3) is 0 Å². The van der Waals surface area contributed by atoms with Crippen molar-refractivity contribution >= 4 is 0 Å². The molecule has 21 heavy (non-hydrogen) atoms. The Morgan fingerprint density at radius 2 is 1.86 bits per heavy atom. The molecule has 1 N–H and O–H groups in total. The normalized spacial score (nSPS) is 19.2. The van der Waals surface area contributed by atoms with Gasteiger partial charge in [-0.1, -0.05) is 0 Å². The third-order valence-corrected chi connectivity index (χ3v) is 4.07. The number of aromatic nitrogens is 2. The van der Waals surface area contributed by atoms with E-state index in [1.165, 1.54) is 31.4 Å². The SMILES string of the molecule is Fc1ccc(-c2nccnc2CC2CCCNCC2)cc1. The number of rotatable bonds is 3. The molecule has 1 aromatic heterocycles. The first-order valence-electron chi connectivity index (χ1n) is 7.59. The minimum atomic E-state index is -0.223. The fraction of sp³-hybridized carbons (Fsp3) is 0.412. The van der Waals surface area contributed by atoms with Crippen LogP contribution < -0.4 is 5.32 Å². The highest BCUT2D eigenvalue weighted by atomic mass is 19.1.